The molecule has 2 rings (SSSR count). The number of hydrogen-bond acceptors (Lipinski definition) is 4. The number of hydrogen-bond donors (Lipinski definition) is 2. The smallest absolute Gasteiger partial charge is 0.211 e. The second-order valence-electron chi connectivity index (χ2n) is 3.94. The number of nitrogen functional groups attached to an aromatic ring is 1. The minimum atomic E-state index is -0.0234. The molecule has 6 heteroatoms. The normalized spacial score (nSPS) is 9.94. The largest absolute Gasteiger partial charge is 0.412 e. The molecule has 0 spiro atoms. The molecular formula is C12H13N4OY-. The summed E-state index contributed by atoms with van der Waals surface area (Å²) in [6.45, 7) is 5.22. The fourth-order valence-electron chi connectivity index (χ4n) is 1.68. The molecule has 0 saturated carbocycles. The third-order valence-corrected chi connectivity index (χ3v) is 2.52. The summed E-state index contributed by atoms with van der Waals surface area (Å²) < 4.78 is 0. The number of aromatic nitrogens is 3. The predicted octanol–water partition coefficient (Wildman–Crippen LogP) is 1.67. The van der Waals surface area contributed by atoms with Gasteiger partial charge in [0.25, 0.3) is 0 Å². The van der Waals surface area contributed by atoms with Crippen molar-refractivity contribution in [2.75, 3.05) is 5.73 Å². The third kappa shape index (κ3) is 2.84. The van der Waals surface area contributed by atoms with E-state index in [1.54, 1.807) is 6.20 Å². The van der Waals surface area contributed by atoms with E-state index in [-0.39, 0.29) is 44.4 Å². The van der Waals surface area contributed by atoms with Gasteiger partial charge in [0.05, 0.1) is 5.78 Å². The van der Waals surface area contributed by atoms with E-state index >= 15 is 0 Å². The molecule has 0 aliphatic rings. The Bertz CT molecular complexity index is 592. The SMILES string of the molecule is CC(=O)c1[c-]c(-c2nc(N)ncc2C)[nH]c1C.[Y]. The molecule has 0 amide bonds. The van der Waals surface area contributed by atoms with Crippen molar-refractivity contribution in [2.24, 2.45) is 0 Å². The molecule has 0 bridgehead atoms. The molecule has 0 aliphatic carbocycles. The quantitative estimate of drug-likeness (QED) is 0.651. The molecule has 0 saturated heterocycles. The Kier molecular flexibility index (Phi) is 4.76. The van der Waals surface area contributed by atoms with Gasteiger partial charge in [0.15, 0.2) is 0 Å². The summed E-state index contributed by atoms with van der Waals surface area (Å²) in [5, 5.41) is 0. The molecule has 18 heavy (non-hydrogen) atoms. The number of carbonyl (C=O) groups excluding carboxylic acids is 1. The molecule has 2 heterocycles. The zero-order valence-corrected chi connectivity index (χ0v) is 13.4. The first-order valence-electron chi connectivity index (χ1n) is 5.21. The van der Waals surface area contributed by atoms with Crippen LogP contribution in [0.25, 0.3) is 11.4 Å². The van der Waals surface area contributed by atoms with Crippen LogP contribution in [0, 0.1) is 19.9 Å². The van der Waals surface area contributed by atoms with Gasteiger partial charge in [-0.3, -0.25) is 4.98 Å². The van der Waals surface area contributed by atoms with E-state index < -0.39 is 0 Å². The molecule has 2 aromatic heterocycles. The van der Waals surface area contributed by atoms with Crippen molar-refractivity contribution in [3.8, 4) is 11.4 Å². The summed E-state index contributed by atoms with van der Waals surface area (Å²) in [4.78, 5) is 22.5. The number of aromatic amines is 1. The van der Waals surface area contributed by atoms with Crippen LogP contribution in [0.3, 0.4) is 0 Å². The van der Waals surface area contributed by atoms with Gasteiger partial charge >= 0.3 is 0 Å². The maximum atomic E-state index is 11.4. The van der Waals surface area contributed by atoms with E-state index in [9.17, 15) is 4.79 Å². The Morgan fingerprint density at radius 3 is 2.67 bits per heavy atom. The predicted molar refractivity (Wildman–Crippen MR) is 64.5 cm³/mol. The van der Waals surface area contributed by atoms with Crippen LogP contribution in [0.15, 0.2) is 6.20 Å². The number of nitrogens with zero attached hydrogens (tertiary/aromatic N) is 2. The van der Waals surface area contributed by atoms with E-state index in [1.165, 1.54) is 6.92 Å². The van der Waals surface area contributed by atoms with E-state index in [1.807, 2.05) is 13.8 Å². The van der Waals surface area contributed by atoms with Gasteiger partial charge in [-0.1, -0.05) is 18.2 Å². The van der Waals surface area contributed by atoms with Gasteiger partial charge in [0.1, 0.15) is 0 Å². The maximum absolute atomic E-state index is 11.4. The summed E-state index contributed by atoms with van der Waals surface area (Å²) in [5.74, 6) is 0.181. The first-order chi connectivity index (χ1) is 7.99. The summed E-state index contributed by atoms with van der Waals surface area (Å²) in [7, 11) is 0. The van der Waals surface area contributed by atoms with Crippen molar-refractivity contribution in [3.05, 3.63) is 29.1 Å². The maximum Gasteiger partial charge on any atom is 0.211 e. The Morgan fingerprint density at radius 1 is 1.44 bits per heavy atom. The average molecular weight is 318 g/mol. The van der Waals surface area contributed by atoms with Crippen molar-refractivity contribution < 1.29 is 37.5 Å². The van der Waals surface area contributed by atoms with Crippen LogP contribution in [-0.2, 0) is 32.7 Å². The summed E-state index contributed by atoms with van der Waals surface area (Å²) >= 11 is 0. The van der Waals surface area contributed by atoms with Crippen LogP contribution in [0.1, 0.15) is 28.5 Å². The number of Topliss-reactive ketones (excluding diaryl/α,β-unsaturated/α-hetero) is 1. The van der Waals surface area contributed by atoms with E-state index in [4.69, 9.17) is 5.73 Å². The molecule has 91 valence electrons. The average Bonchev–Trinajstić information content (AvgIpc) is 2.64. The molecular weight excluding hydrogens is 305 g/mol. The van der Waals surface area contributed by atoms with Crippen LogP contribution in [-0.4, -0.2) is 20.7 Å². The van der Waals surface area contributed by atoms with Crippen LogP contribution >= 0.6 is 0 Å². The third-order valence-electron chi connectivity index (χ3n) is 2.52. The van der Waals surface area contributed by atoms with E-state index in [0.29, 0.717) is 17.0 Å². The van der Waals surface area contributed by atoms with Gasteiger partial charge in [-0.2, -0.15) is 0 Å². The molecule has 0 aliphatic heterocycles. The van der Waals surface area contributed by atoms with Crippen molar-refractivity contribution in [3.63, 3.8) is 0 Å². The van der Waals surface area contributed by atoms with Gasteiger partial charge in [0, 0.05) is 44.6 Å². The van der Waals surface area contributed by atoms with Gasteiger partial charge in [0.2, 0.25) is 5.95 Å². The fourth-order valence-corrected chi connectivity index (χ4v) is 1.68. The molecule has 0 atom stereocenters. The summed E-state index contributed by atoms with van der Waals surface area (Å²) in [6, 6.07) is 3.01. The molecule has 3 N–H and O–H groups in total. The van der Waals surface area contributed by atoms with Gasteiger partial charge < -0.3 is 15.5 Å². The number of H-pyrrole nitrogens is 1. The second-order valence-corrected chi connectivity index (χ2v) is 3.94. The van der Waals surface area contributed by atoms with Crippen LogP contribution in [0.4, 0.5) is 5.95 Å². The Balaban J connectivity index is 0.00000162. The van der Waals surface area contributed by atoms with Gasteiger partial charge in [-0.05, 0) is 25.1 Å². The molecule has 0 aromatic carbocycles. The zero-order valence-electron chi connectivity index (χ0n) is 10.5. The second kappa shape index (κ2) is 5.72. The number of nitrogens with two attached hydrogens (primary N) is 1. The molecule has 1 radical (unpaired) electrons. The Morgan fingerprint density at radius 2 is 2.11 bits per heavy atom. The number of rotatable bonds is 2. The van der Waals surface area contributed by atoms with E-state index in [2.05, 4.69) is 21.0 Å². The number of nitrogens with one attached hydrogen (secondary N) is 1. The van der Waals surface area contributed by atoms with Crippen molar-refractivity contribution in [1.29, 1.82) is 0 Å². The van der Waals surface area contributed by atoms with Crippen molar-refractivity contribution >= 4 is 11.7 Å². The van der Waals surface area contributed by atoms with Gasteiger partial charge in [-0.25, -0.2) is 4.98 Å². The Hall–Kier alpha value is -1.07. The first kappa shape index (κ1) is 15.0. The van der Waals surface area contributed by atoms with Crippen LogP contribution < -0.4 is 5.73 Å². The monoisotopic (exact) mass is 318 g/mol. The topological polar surface area (TPSA) is 84.7 Å². The molecule has 0 fully saturated rings. The number of ketones is 1. The van der Waals surface area contributed by atoms with Crippen LogP contribution in [0.2, 0.25) is 0 Å². The molecule has 0 unspecified atom stereocenters. The Labute approximate surface area is 130 Å². The number of carbonyl (C=O) groups is 1. The number of anilines is 1. The fraction of sp³-hybridized carbons (Fsp3) is 0.250. The minimum Gasteiger partial charge on any atom is -0.412 e. The van der Waals surface area contributed by atoms with Gasteiger partial charge in [-0.15, -0.1) is 6.07 Å². The van der Waals surface area contributed by atoms with Crippen LogP contribution in [0.5, 0.6) is 0 Å². The van der Waals surface area contributed by atoms with Crippen molar-refractivity contribution in [2.45, 2.75) is 20.8 Å². The standard InChI is InChI=1S/C12H13N4O.Y/c1-6-5-14-12(13)16-11(6)10-4-9(8(3)17)7(2)15-10;/h5,15H,1-3H3,(H2,13,14,16);/q-1;. The van der Waals surface area contributed by atoms with Crippen molar-refractivity contribution in [1.82, 2.24) is 15.0 Å². The van der Waals surface area contributed by atoms with E-state index in [0.717, 1.165) is 11.3 Å². The minimum absolute atomic E-state index is 0. The summed E-state index contributed by atoms with van der Waals surface area (Å²) in [6.07, 6.45) is 1.65. The molecule has 5 nitrogen and oxygen atoms in total. The molecule has 2 aromatic rings. The zero-order chi connectivity index (χ0) is 12.6. The first-order valence-corrected chi connectivity index (χ1v) is 5.21. The summed E-state index contributed by atoms with van der Waals surface area (Å²) in [5.41, 5.74) is 9.11. The number of aryl methyl sites for hydroxylation is 2.